The Morgan fingerprint density at radius 3 is 2.71 bits per heavy atom. The van der Waals surface area contributed by atoms with E-state index in [9.17, 15) is 4.79 Å². The molecule has 1 aromatic rings. The summed E-state index contributed by atoms with van der Waals surface area (Å²) >= 11 is 1.39. The van der Waals surface area contributed by atoms with E-state index in [-0.39, 0.29) is 5.91 Å². The van der Waals surface area contributed by atoms with Crippen LogP contribution in [0.3, 0.4) is 0 Å². The van der Waals surface area contributed by atoms with Crippen LogP contribution in [0.4, 0.5) is 10.7 Å². The van der Waals surface area contributed by atoms with E-state index in [1.807, 2.05) is 6.92 Å². The maximum atomic E-state index is 12.1. The third-order valence-corrected chi connectivity index (χ3v) is 4.90. The van der Waals surface area contributed by atoms with Crippen molar-refractivity contribution in [2.24, 2.45) is 0 Å². The van der Waals surface area contributed by atoms with Gasteiger partial charge in [0.2, 0.25) is 0 Å². The fraction of sp³-hybridized carbons (Fsp3) is 0.667. The third-order valence-electron chi connectivity index (χ3n) is 3.79. The van der Waals surface area contributed by atoms with Crippen LogP contribution in [-0.4, -0.2) is 25.6 Å². The minimum absolute atomic E-state index is 0.116. The van der Waals surface area contributed by atoms with Crippen LogP contribution in [0, 0.1) is 0 Å². The van der Waals surface area contributed by atoms with E-state index in [1.165, 1.54) is 43.4 Å². The molecule has 0 unspecified atom stereocenters. The summed E-state index contributed by atoms with van der Waals surface area (Å²) in [6.45, 7) is 2.68. The fourth-order valence-electron chi connectivity index (χ4n) is 2.65. The van der Waals surface area contributed by atoms with Crippen molar-refractivity contribution in [2.75, 3.05) is 24.7 Å². The van der Waals surface area contributed by atoms with Crippen molar-refractivity contribution in [3.63, 3.8) is 0 Å². The average Bonchev–Trinajstić information content (AvgIpc) is 2.81. The normalized spacial score (nSPS) is 15.7. The predicted octanol–water partition coefficient (Wildman–Crippen LogP) is 3.22. The summed E-state index contributed by atoms with van der Waals surface area (Å²) in [5, 5.41) is 7.25. The van der Waals surface area contributed by atoms with Gasteiger partial charge in [0.05, 0.1) is 7.11 Å². The highest BCUT2D eigenvalue weighted by Crippen LogP contribution is 2.43. The molecule has 1 fully saturated rings. The number of rotatable bonds is 6. The molecule has 1 amide bonds. The Morgan fingerprint density at radius 2 is 2.10 bits per heavy atom. The van der Waals surface area contributed by atoms with E-state index in [2.05, 4.69) is 10.6 Å². The molecular weight excluding hydrogens is 286 g/mol. The number of anilines is 2. The molecule has 0 saturated heterocycles. The summed E-state index contributed by atoms with van der Waals surface area (Å²) in [5.41, 5.74) is 6.52. The zero-order chi connectivity index (χ0) is 15.2. The molecule has 1 aliphatic carbocycles. The number of hydrogen-bond donors (Lipinski definition) is 3. The largest absolute Gasteiger partial charge is 0.492 e. The van der Waals surface area contributed by atoms with Crippen molar-refractivity contribution in [1.82, 2.24) is 5.32 Å². The zero-order valence-electron chi connectivity index (χ0n) is 12.8. The maximum Gasteiger partial charge on any atom is 0.263 e. The Balaban J connectivity index is 2.14. The monoisotopic (exact) mass is 311 g/mol. The molecule has 0 bridgehead atoms. The first-order chi connectivity index (χ1) is 10.2. The summed E-state index contributed by atoms with van der Waals surface area (Å²) in [5.74, 6) is 0.488. The van der Waals surface area contributed by atoms with Crippen molar-refractivity contribution in [3.05, 3.63) is 4.88 Å². The predicted molar refractivity (Wildman–Crippen MR) is 88.4 cm³/mol. The smallest absolute Gasteiger partial charge is 0.263 e. The summed E-state index contributed by atoms with van der Waals surface area (Å²) in [6.07, 6.45) is 7.06. The molecule has 2 rings (SSSR count). The van der Waals surface area contributed by atoms with Crippen molar-refractivity contribution in [3.8, 4) is 5.75 Å². The Hall–Kier alpha value is -1.43. The van der Waals surface area contributed by atoms with Crippen molar-refractivity contribution in [2.45, 2.75) is 51.5 Å². The van der Waals surface area contributed by atoms with Gasteiger partial charge in [0.15, 0.2) is 5.75 Å². The lowest BCUT2D eigenvalue weighted by atomic mass is 9.96. The molecule has 4 N–H and O–H groups in total. The van der Waals surface area contributed by atoms with Crippen LogP contribution in [0.25, 0.3) is 0 Å². The van der Waals surface area contributed by atoms with Crippen LogP contribution in [-0.2, 0) is 0 Å². The molecule has 0 spiro atoms. The molecule has 0 aliphatic heterocycles. The van der Waals surface area contributed by atoms with Crippen molar-refractivity contribution in [1.29, 1.82) is 0 Å². The molecule has 118 valence electrons. The van der Waals surface area contributed by atoms with Crippen LogP contribution in [0.5, 0.6) is 5.75 Å². The van der Waals surface area contributed by atoms with E-state index in [4.69, 9.17) is 10.5 Å². The number of thiophene rings is 1. The number of carbonyl (C=O) groups is 1. The number of nitrogens with one attached hydrogen (secondary N) is 2. The van der Waals surface area contributed by atoms with E-state index in [1.54, 1.807) is 7.11 Å². The molecule has 0 aromatic carbocycles. The SMILES string of the molecule is CCCNC(=O)c1sc(NC2CCCCC2)c(OC)c1N. The van der Waals surface area contributed by atoms with Gasteiger partial charge in [-0.05, 0) is 19.3 Å². The van der Waals surface area contributed by atoms with Crippen molar-refractivity contribution >= 4 is 27.9 Å². The van der Waals surface area contributed by atoms with Gasteiger partial charge in [0.1, 0.15) is 15.6 Å². The van der Waals surface area contributed by atoms with E-state index < -0.39 is 0 Å². The number of nitrogen functional groups attached to an aromatic ring is 1. The van der Waals surface area contributed by atoms with Gasteiger partial charge in [0, 0.05) is 12.6 Å². The molecule has 0 atom stereocenters. The summed E-state index contributed by atoms with van der Waals surface area (Å²) in [6, 6.07) is 0.456. The van der Waals surface area contributed by atoms with Crippen LogP contribution in [0.1, 0.15) is 55.1 Å². The number of nitrogens with two attached hydrogens (primary N) is 1. The third kappa shape index (κ3) is 3.81. The second-order valence-corrected chi connectivity index (χ2v) is 6.46. The molecule has 1 heterocycles. The van der Waals surface area contributed by atoms with Crippen molar-refractivity contribution < 1.29 is 9.53 Å². The molecule has 5 nitrogen and oxygen atoms in total. The Morgan fingerprint density at radius 1 is 1.38 bits per heavy atom. The second kappa shape index (κ2) is 7.54. The van der Waals surface area contributed by atoms with Crippen LogP contribution in [0.2, 0.25) is 0 Å². The number of hydrogen-bond acceptors (Lipinski definition) is 5. The number of amides is 1. The van der Waals surface area contributed by atoms with Crippen LogP contribution < -0.4 is 21.1 Å². The van der Waals surface area contributed by atoms with Gasteiger partial charge < -0.3 is 21.1 Å². The molecule has 1 aliphatic rings. The summed E-state index contributed by atoms with van der Waals surface area (Å²) < 4.78 is 5.40. The lowest BCUT2D eigenvalue weighted by Gasteiger charge is -2.23. The lowest BCUT2D eigenvalue weighted by Crippen LogP contribution is -2.23. The lowest BCUT2D eigenvalue weighted by molar-refractivity contribution is 0.0958. The maximum absolute atomic E-state index is 12.1. The average molecular weight is 311 g/mol. The van der Waals surface area contributed by atoms with Gasteiger partial charge >= 0.3 is 0 Å². The van der Waals surface area contributed by atoms with Gasteiger partial charge in [-0.15, -0.1) is 11.3 Å². The van der Waals surface area contributed by atoms with E-state index in [0.717, 1.165) is 11.4 Å². The summed E-state index contributed by atoms with van der Waals surface area (Å²) in [7, 11) is 1.60. The Labute approximate surface area is 130 Å². The van der Waals surface area contributed by atoms with E-state index in [0.29, 0.717) is 28.9 Å². The minimum atomic E-state index is -0.116. The molecule has 1 aromatic heterocycles. The fourth-order valence-corrected chi connectivity index (χ4v) is 3.73. The first-order valence-corrected chi connectivity index (χ1v) is 8.50. The highest BCUT2D eigenvalue weighted by molar-refractivity contribution is 7.19. The number of carbonyl (C=O) groups excluding carboxylic acids is 1. The van der Waals surface area contributed by atoms with Crippen LogP contribution >= 0.6 is 11.3 Å². The summed E-state index contributed by atoms with van der Waals surface area (Å²) in [4.78, 5) is 12.7. The quantitative estimate of drug-likeness (QED) is 0.754. The Kier molecular flexibility index (Phi) is 5.73. The zero-order valence-corrected chi connectivity index (χ0v) is 13.6. The van der Waals surface area contributed by atoms with Gasteiger partial charge in [-0.3, -0.25) is 4.79 Å². The highest BCUT2D eigenvalue weighted by Gasteiger charge is 2.23. The molecule has 0 radical (unpaired) electrons. The first kappa shape index (κ1) is 15.9. The van der Waals surface area contributed by atoms with E-state index >= 15 is 0 Å². The first-order valence-electron chi connectivity index (χ1n) is 7.68. The van der Waals surface area contributed by atoms with Crippen LogP contribution in [0.15, 0.2) is 0 Å². The van der Waals surface area contributed by atoms with Gasteiger partial charge in [-0.2, -0.15) is 0 Å². The van der Waals surface area contributed by atoms with Gasteiger partial charge in [0.25, 0.3) is 5.91 Å². The molecule has 6 heteroatoms. The van der Waals surface area contributed by atoms with Gasteiger partial charge in [-0.25, -0.2) is 0 Å². The molecule has 21 heavy (non-hydrogen) atoms. The standard InChI is InChI=1S/C15H25N3O2S/c1-3-9-17-14(19)13-11(16)12(20-2)15(21-13)18-10-7-5-4-6-8-10/h10,18H,3-9,16H2,1-2H3,(H,17,19). The second-order valence-electron chi connectivity index (χ2n) is 5.44. The van der Waals surface area contributed by atoms with Gasteiger partial charge in [-0.1, -0.05) is 26.2 Å². The number of methoxy groups -OCH3 is 1. The number of ether oxygens (including phenoxy) is 1. The topological polar surface area (TPSA) is 76.4 Å². The minimum Gasteiger partial charge on any atom is -0.492 e. The molecule has 1 saturated carbocycles. The molecular formula is C15H25N3O2S. The Bertz CT molecular complexity index is 482. The highest BCUT2D eigenvalue weighted by atomic mass is 32.1.